The van der Waals surface area contributed by atoms with Gasteiger partial charge in [0, 0.05) is 0 Å². The van der Waals surface area contributed by atoms with E-state index in [4.69, 9.17) is 10.5 Å². The Morgan fingerprint density at radius 2 is 2.16 bits per heavy atom. The summed E-state index contributed by atoms with van der Waals surface area (Å²) in [5, 5.41) is 3.25. The number of carbonyl (C=O) groups is 1. The molecular weight excluding hydrogens is 240 g/mol. The SMILES string of the molecule is CCNC(COc1ccccc1C)(C(N)=O)C1CC1. The molecule has 2 rings (SSSR count). The fourth-order valence-electron chi connectivity index (χ4n) is 2.47. The number of hydrogen-bond donors (Lipinski definition) is 2. The molecule has 4 nitrogen and oxygen atoms in total. The first-order valence-electron chi connectivity index (χ1n) is 6.83. The van der Waals surface area contributed by atoms with Crippen molar-refractivity contribution in [2.45, 2.75) is 32.2 Å². The lowest BCUT2D eigenvalue weighted by atomic mass is 9.93. The molecule has 3 N–H and O–H groups in total. The van der Waals surface area contributed by atoms with Crippen molar-refractivity contribution in [2.75, 3.05) is 13.2 Å². The van der Waals surface area contributed by atoms with E-state index in [0.29, 0.717) is 19.1 Å². The van der Waals surface area contributed by atoms with Crippen LogP contribution in [0.4, 0.5) is 0 Å². The summed E-state index contributed by atoms with van der Waals surface area (Å²) in [5.74, 6) is 0.797. The quantitative estimate of drug-likeness (QED) is 0.784. The first-order chi connectivity index (χ1) is 9.10. The number of aryl methyl sites for hydroxylation is 1. The maximum absolute atomic E-state index is 11.9. The topological polar surface area (TPSA) is 64.3 Å². The monoisotopic (exact) mass is 262 g/mol. The van der Waals surface area contributed by atoms with E-state index >= 15 is 0 Å². The standard InChI is InChI=1S/C15H22N2O2/c1-3-17-15(14(16)18,12-8-9-12)10-19-13-7-5-4-6-11(13)2/h4-7,12,17H,3,8-10H2,1-2H3,(H2,16,18). The van der Waals surface area contributed by atoms with Crippen molar-refractivity contribution in [1.29, 1.82) is 0 Å². The van der Waals surface area contributed by atoms with E-state index in [1.54, 1.807) is 0 Å². The van der Waals surface area contributed by atoms with Gasteiger partial charge in [0.05, 0.1) is 0 Å². The molecular formula is C15H22N2O2. The second-order valence-electron chi connectivity index (χ2n) is 5.19. The molecule has 1 aromatic carbocycles. The van der Waals surface area contributed by atoms with E-state index < -0.39 is 5.54 Å². The molecule has 1 aliphatic carbocycles. The van der Waals surface area contributed by atoms with Crippen molar-refractivity contribution in [2.24, 2.45) is 11.7 Å². The Morgan fingerprint density at radius 3 is 2.68 bits per heavy atom. The van der Waals surface area contributed by atoms with Gasteiger partial charge in [-0.1, -0.05) is 25.1 Å². The van der Waals surface area contributed by atoms with Crippen molar-refractivity contribution in [3.05, 3.63) is 29.8 Å². The van der Waals surface area contributed by atoms with Crippen molar-refractivity contribution in [3.8, 4) is 5.75 Å². The van der Waals surface area contributed by atoms with Gasteiger partial charge in [-0.2, -0.15) is 0 Å². The van der Waals surface area contributed by atoms with Crippen LogP contribution in [0.1, 0.15) is 25.3 Å². The number of para-hydroxylation sites is 1. The van der Waals surface area contributed by atoms with Gasteiger partial charge >= 0.3 is 0 Å². The number of ether oxygens (including phenoxy) is 1. The number of hydrogen-bond acceptors (Lipinski definition) is 3. The summed E-state index contributed by atoms with van der Waals surface area (Å²) in [5.41, 5.74) is 5.96. The lowest BCUT2D eigenvalue weighted by Gasteiger charge is -2.31. The lowest BCUT2D eigenvalue weighted by Crippen LogP contribution is -2.61. The van der Waals surface area contributed by atoms with Crippen molar-refractivity contribution < 1.29 is 9.53 Å². The van der Waals surface area contributed by atoms with Crippen molar-refractivity contribution >= 4 is 5.91 Å². The van der Waals surface area contributed by atoms with Crippen LogP contribution in [0.3, 0.4) is 0 Å². The Hall–Kier alpha value is -1.55. The summed E-state index contributed by atoms with van der Waals surface area (Å²) in [6.07, 6.45) is 2.07. The number of rotatable bonds is 7. The molecule has 0 aromatic heterocycles. The smallest absolute Gasteiger partial charge is 0.241 e. The molecule has 0 heterocycles. The van der Waals surface area contributed by atoms with Crippen LogP contribution in [0.5, 0.6) is 5.75 Å². The summed E-state index contributed by atoms with van der Waals surface area (Å²) >= 11 is 0. The molecule has 0 bridgehead atoms. The zero-order valence-electron chi connectivity index (χ0n) is 11.6. The zero-order valence-corrected chi connectivity index (χ0v) is 11.6. The number of primary amides is 1. The summed E-state index contributed by atoms with van der Waals surface area (Å²) < 4.78 is 5.85. The zero-order chi connectivity index (χ0) is 13.9. The van der Waals surface area contributed by atoms with Crippen molar-refractivity contribution in [3.63, 3.8) is 0 Å². The third kappa shape index (κ3) is 2.89. The largest absolute Gasteiger partial charge is 0.491 e. The normalized spacial score (nSPS) is 17.8. The first kappa shape index (κ1) is 13.9. The van der Waals surface area contributed by atoms with Gasteiger partial charge < -0.3 is 15.8 Å². The average molecular weight is 262 g/mol. The van der Waals surface area contributed by atoms with Gasteiger partial charge in [0.2, 0.25) is 5.91 Å². The highest BCUT2D eigenvalue weighted by molar-refractivity contribution is 5.85. The second-order valence-corrected chi connectivity index (χ2v) is 5.19. The molecule has 0 aliphatic heterocycles. The fourth-order valence-corrected chi connectivity index (χ4v) is 2.47. The fraction of sp³-hybridized carbons (Fsp3) is 0.533. The number of benzene rings is 1. The molecule has 0 radical (unpaired) electrons. The van der Waals surface area contributed by atoms with E-state index in [1.165, 1.54) is 0 Å². The molecule has 104 valence electrons. The van der Waals surface area contributed by atoms with Gasteiger partial charge in [0.15, 0.2) is 0 Å². The number of amides is 1. The molecule has 1 amide bonds. The molecule has 1 aliphatic rings. The van der Waals surface area contributed by atoms with Crippen molar-refractivity contribution in [1.82, 2.24) is 5.32 Å². The van der Waals surface area contributed by atoms with E-state index in [2.05, 4.69) is 5.32 Å². The molecule has 19 heavy (non-hydrogen) atoms. The van der Waals surface area contributed by atoms with Gasteiger partial charge in [0.25, 0.3) is 0 Å². The van der Waals surface area contributed by atoms with Crippen LogP contribution in [0.25, 0.3) is 0 Å². The van der Waals surface area contributed by atoms with E-state index in [9.17, 15) is 4.79 Å². The molecule has 4 heteroatoms. The molecule has 0 saturated heterocycles. The summed E-state index contributed by atoms with van der Waals surface area (Å²) in [6, 6.07) is 7.80. The molecule has 1 saturated carbocycles. The summed E-state index contributed by atoms with van der Waals surface area (Å²) in [4.78, 5) is 11.9. The molecule has 1 aromatic rings. The summed E-state index contributed by atoms with van der Waals surface area (Å²) in [6.45, 7) is 4.97. The van der Waals surface area contributed by atoms with Crippen LogP contribution in [0.2, 0.25) is 0 Å². The van der Waals surface area contributed by atoms with E-state index in [0.717, 1.165) is 24.2 Å². The molecule has 1 atom stereocenters. The second kappa shape index (κ2) is 5.61. The molecule has 1 fully saturated rings. The van der Waals surface area contributed by atoms with Gasteiger partial charge in [-0.05, 0) is 43.9 Å². The number of nitrogens with one attached hydrogen (secondary N) is 1. The van der Waals surface area contributed by atoms with E-state index in [1.807, 2.05) is 38.1 Å². The number of carbonyl (C=O) groups excluding carboxylic acids is 1. The first-order valence-corrected chi connectivity index (χ1v) is 6.83. The Balaban J connectivity index is 2.12. The Kier molecular flexibility index (Phi) is 4.10. The Bertz CT molecular complexity index is 457. The van der Waals surface area contributed by atoms with Gasteiger partial charge in [-0.15, -0.1) is 0 Å². The maximum atomic E-state index is 11.9. The predicted molar refractivity (Wildman–Crippen MR) is 75.0 cm³/mol. The minimum atomic E-state index is -0.725. The van der Waals surface area contributed by atoms with Crippen LogP contribution in [0, 0.1) is 12.8 Å². The van der Waals surface area contributed by atoms with Crippen LogP contribution in [-0.2, 0) is 4.79 Å². The Morgan fingerprint density at radius 1 is 1.47 bits per heavy atom. The molecule has 1 unspecified atom stereocenters. The number of likely N-dealkylation sites (N-methyl/N-ethyl adjacent to an activating group) is 1. The molecule has 0 spiro atoms. The van der Waals surface area contributed by atoms with Crippen LogP contribution in [0.15, 0.2) is 24.3 Å². The van der Waals surface area contributed by atoms with Gasteiger partial charge in [-0.3, -0.25) is 4.79 Å². The highest BCUT2D eigenvalue weighted by atomic mass is 16.5. The van der Waals surface area contributed by atoms with Crippen LogP contribution < -0.4 is 15.8 Å². The minimum Gasteiger partial charge on any atom is -0.491 e. The highest BCUT2D eigenvalue weighted by Gasteiger charge is 2.50. The lowest BCUT2D eigenvalue weighted by molar-refractivity contribution is -0.126. The third-order valence-corrected chi connectivity index (χ3v) is 3.76. The third-order valence-electron chi connectivity index (χ3n) is 3.76. The Labute approximate surface area is 114 Å². The summed E-state index contributed by atoms with van der Waals surface area (Å²) in [7, 11) is 0. The minimum absolute atomic E-state index is 0.297. The maximum Gasteiger partial charge on any atom is 0.241 e. The average Bonchev–Trinajstić information content (AvgIpc) is 3.20. The van der Waals surface area contributed by atoms with Crippen LogP contribution in [-0.4, -0.2) is 24.6 Å². The van der Waals surface area contributed by atoms with Gasteiger partial charge in [-0.25, -0.2) is 0 Å². The van der Waals surface area contributed by atoms with E-state index in [-0.39, 0.29) is 5.91 Å². The highest BCUT2D eigenvalue weighted by Crippen LogP contribution is 2.40. The number of nitrogens with two attached hydrogens (primary N) is 1. The van der Waals surface area contributed by atoms with Crippen LogP contribution >= 0.6 is 0 Å². The van der Waals surface area contributed by atoms with Gasteiger partial charge in [0.1, 0.15) is 17.9 Å². The predicted octanol–water partition coefficient (Wildman–Crippen LogP) is 1.62.